The van der Waals surface area contributed by atoms with E-state index in [9.17, 15) is 4.79 Å². The second kappa shape index (κ2) is 7.66. The second-order valence-corrected chi connectivity index (χ2v) is 5.34. The SMILES string of the molecule is CCCN(Cc1ccc(C#N)cc1)C(=O)[C@H](N)C(C)C. The Balaban J connectivity index is 2.80. The Labute approximate surface area is 121 Å². The molecule has 0 spiro atoms. The number of carbonyl (C=O) groups excluding carboxylic acids is 1. The summed E-state index contributed by atoms with van der Waals surface area (Å²) in [7, 11) is 0. The molecule has 0 aromatic heterocycles. The molecular weight excluding hydrogens is 250 g/mol. The molecule has 1 aromatic rings. The Kier molecular flexibility index (Phi) is 6.20. The molecule has 0 radical (unpaired) electrons. The highest BCUT2D eigenvalue weighted by atomic mass is 16.2. The minimum Gasteiger partial charge on any atom is -0.337 e. The van der Waals surface area contributed by atoms with E-state index >= 15 is 0 Å². The molecule has 0 bridgehead atoms. The van der Waals surface area contributed by atoms with E-state index < -0.39 is 6.04 Å². The molecule has 4 heteroatoms. The van der Waals surface area contributed by atoms with Crippen molar-refractivity contribution in [3.05, 3.63) is 35.4 Å². The molecule has 0 saturated heterocycles. The van der Waals surface area contributed by atoms with Crippen LogP contribution in [0.2, 0.25) is 0 Å². The number of nitriles is 1. The van der Waals surface area contributed by atoms with E-state index in [0.717, 1.165) is 12.0 Å². The summed E-state index contributed by atoms with van der Waals surface area (Å²) >= 11 is 0. The highest BCUT2D eigenvalue weighted by Gasteiger charge is 2.23. The van der Waals surface area contributed by atoms with Crippen LogP contribution in [-0.2, 0) is 11.3 Å². The monoisotopic (exact) mass is 273 g/mol. The second-order valence-electron chi connectivity index (χ2n) is 5.34. The van der Waals surface area contributed by atoms with Gasteiger partial charge in [0, 0.05) is 13.1 Å². The van der Waals surface area contributed by atoms with Gasteiger partial charge in [-0.05, 0) is 30.0 Å². The van der Waals surface area contributed by atoms with E-state index in [-0.39, 0.29) is 11.8 Å². The number of amides is 1. The average molecular weight is 273 g/mol. The van der Waals surface area contributed by atoms with Gasteiger partial charge in [0.15, 0.2) is 0 Å². The third-order valence-electron chi connectivity index (χ3n) is 3.27. The first-order valence-corrected chi connectivity index (χ1v) is 7.03. The number of nitrogens with two attached hydrogens (primary N) is 1. The number of benzene rings is 1. The molecule has 1 atom stereocenters. The van der Waals surface area contributed by atoms with E-state index in [0.29, 0.717) is 18.7 Å². The lowest BCUT2D eigenvalue weighted by Gasteiger charge is -2.27. The first-order valence-electron chi connectivity index (χ1n) is 7.03. The van der Waals surface area contributed by atoms with E-state index in [4.69, 9.17) is 11.0 Å². The summed E-state index contributed by atoms with van der Waals surface area (Å²) in [5.74, 6) is 0.119. The third-order valence-corrected chi connectivity index (χ3v) is 3.27. The highest BCUT2D eigenvalue weighted by molar-refractivity contribution is 5.81. The smallest absolute Gasteiger partial charge is 0.240 e. The van der Waals surface area contributed by atoms with Gasteiger partial charge in [0.1, 0.15) is 0 Å². The molecule has 1 amide bonds. The summed E-state index contributed by atoms with van der Waals surface area (Å²) < 4.78 is 0. The van der Waals surface area contributed by atoms with Crippen molar-refractivity contribution >= 4 is 5.91 Å². The van der Waals surface area contributed by atoms with Crippen molar-refractivity contribution in [2.45, 2.75) is 39.8 Å². The van der Waals surface area contributed by atoms with Crippen molar-refractivity contribution in [1.29, 1.82) is 5.26 Å². The molecule has 1 rings (SSSR count). The summed E-state index contributed by atoms with van der Waals surface area (Å²) in [5, 5.41) is 8.79. The number of hydrogen-bond acceptors (Lipinski definition) is 3. The molecular formula is C16H23N3O. The maximum Gasteiger partial charge on any atom is 0.240 e. The van der Waals surface area contributed by atoms with E-state index in [1.807, 2.05) is 32.9 Å². The van der Waals surface area contributed by atoms with Crippen molar-refractivity contribution in [3.63, 3.8) is 0 Å². The van der Waals surface area contributed by atoms with Gasteiger partial charge in [-0.25, -0.2) is 0 Å². The summed E-state index contributed by atoms with van der Waals surface area (Å²) in [4.78, 5) is 14.1. The summed E-state index contributed by atoms with van der Waals surface area (Å²) in [5.41, 5.74) is 7.60. The molecule has 0 aliphatic carbocycles. The van der Waals surface area contributed by atoms with Crippen LogP contribution in [0.15, 0.2) is 24.3 Å². The lowest BCUT2D eigenvalue weighted by atomic mass is 10.0. The van der Waals surface area contributed by atoms with Gasteiger partial charge in [0.05, 0.1) is 17.7 Å². The predicted octanol–water partition coefficient (Wildman–Crippen LogP) is 2.28. The van der Waals surface area contributed by atoms with Gasteiger partial charge in [0.25, 0.3) is 0 Å². The van der Waals surface area contributed by atoms with E-state index in [2.05, 4.69) is 6.07 Å². The molecule has 4 nitrogen and oxygen atoms in total. The van der Waals surface area contributed by atoms with Crippen molar-refractivity contribution in [3.8, 4) is 6.07 Å². The van der Waals surface area contributed by atoms with Crippen LogP contribution in [0.3, 0.4) is 0 Å². The van der Waals surface area contributed by atoms with Crippen LogP contribution in [0.4, 0.5) is 0 Å². The summed E-state index contributed by atoms with van der Waals surface area (Å²) in [6.45, 7) is 7.18. The highest BCUT2D eigenvalue weighted by Crippen LogP contribution is 2.11. The minimum absolute atomic E-state index is 0.00814. The number of nitrogens with zero attached hydrogens (tertiary/aromatic N) is 2. The van der Waals surface area contributed by atoms with Gasteiger partial charge in [-0.2, -0.15) is 5.26 Å². The van der Waals surface area contributed by atoms with Gasteiger partial charge in [-0.3, -0.25) is 4.79 Å². The molecule has 2 N–H and O–H groups in total. The van der Waals surface area contributed by atoms with E-state index in [1.54, 1.807) is 17.0 Å². The predicted molar refractivity (Wildman–Crippen MR) is 79.7 cm³/mol. The molecule has 0 saturated carbocycles. The zero-order chi connectivity index (χ0) is 15.1. The van der Waals surface area contributed by atoms with Crippen LogP contribution in [0.5, 0.6) is 0 Å². The standard InChI is InChI=1S/C16H23N3O/c1-4-9-19(16(20)15(18)12(2)3)11-14-7-5-13(10-17)6-8-14/h5-8,12,15H,4,9,11,18H2,1-3H3/t15-/m1/s1. The van der Waals surface area contributed by atoms with Crippen LogP contribution < -0.4 is 5.73 Å². The Morgan fingerprint density at radius 1 is 1.35 bits per heavy atom. The van der Waals surface area contributed by atoms with Gasteiger partial charge < -0.3 is 10.6 Å². The Morgan fingerprint density at radius 2 is 1.95 bits per heavy atom. The van der Waals surface area contributed by atoms with Gasteiger partial charge >= 0.3 is 0 Å². The van der Waals surface area contributed by atoms with E-state index in [1.165, 1.54) is 0 Å². The molecule has 1 aromatic carbocycles. The molecule has 0 aliphatic rings. The van der Waals surface area contributed by atoms with Gasteiger partial charge in [-0.15, -0.1) is 0 Å². The van der Waals surface area contributed by atoms with Crippen LogP contribution in [0, 0.1) is 17.2 Å². The van der Waals surface area contributed by atoms with Crippen molar-refractivity contribution < 1.29 is 4.79 Å². The molecule has 0 fully saturated rings. The zero-order valence-corrected chi connectivity index (χ0v) is 12.5. The first kappa shape index (κ1) is 16.2. The fourth-order valence-corrected chi connectivity index (χ4v) is 1.94. The van der Waals surface area contributed by atoms with Gasteiger partial charge in [-0.1, -0.05) is 32.9 Å². The van der Waals surface area contributed by atoms with Crippen LogP contribution in [-0.4, -0.2) is 23.4 Å². The normalized spacial score (nSPS) is 12.0. The van der Waals surface area contributed by atoms with Crippen molar-refractivity contribution in [1.82, 2.24) is 4.90 Å². The Bertz CT molecular complexity index is 473. The average Bonchev–Trinajstić information content (AvgIpc) is 2.46. The fourth-order valence-electron chi connectivity index (χ4n) is 1.94. The number of rotatable bonds is 6. The van der Waals surface area contributed by atoms with Crippen LogP contribution in [0.25, 0.3) is 0 Å². The van der Waals surface area contributed by atoms with Crippen LogP contribution in [0.1, 0.15) is 38.3 Å². The number of hydrogen-bond donors (Lipinski definition) is 1. The molecule has 108 valence electrons. The Hall–Kier alpha value is -1.86. The molecule has 20 heavy (non-hydrogen) atoms. The van der Waals surface area contributed by atoms with Gasteiger partial charge in [0.2, 0.25) is 5.91 Å². The van der Waals surface area contributed by atoms with Crippen molar-refractivity contribution in [2.75, 3.05) is 6.54 Å². The maximum atomic E-state index is 12.4. The Morgan fingerprint density at radius 3 is 2.40 bits per heavy atom. The minimum atomic E-state index is -0.458. The molecule has 0 unspecified atom stereocenters. The first-order chi connectivity index (χ1) is 9.49. The summed E-state index contributed by atoms with van der Waals surface area (Å²) in [6.07, 6.45) is 0.896. The lowest BCUT2D eigenvalue weighted by Crippen LogP contribution is -2.46. The fraction of sp³-hybridized carbons (Fsp3) is 0.500. The topological polar surface area (TPSA) is 70.1 Å². The van der Waals surface area contributed by atoms with Crippen molar-refractivity contribution in [2.24, 2.45) is 11.7 Å². The summed E-state index contributed by atoms with van der Waals surface area (Å²) in [6, 6.07) is 8.94. The van der Waals surface area contributed by atoms with Crippen LogP contribution >= 0.6 is 0 Å². The molecule has 0 aliphatic heterocycles. The zero-order valence-electron chi connectivity index (χ0n) is 12.5. The maximum absolute atomic E-state index is 12.4. The molecule has 0 heterocycles. The quantitative estimate of drug-likeness (QED) is 0.864. The largest absolute Gasteiger partial charge is 0.337 e. The lowest BCUT2D eigenvalue weighted by molar-refractivity contribution is -0.134. The third kappa shape index (κ3) is 4.36. The number of carbonyl (C=O) groups is 1.